The van der Waals surface area contributed by atoms with E-state index in [0.29, 0.717) is 33.8 Å². The van der Waals surface area contributed by atoms with Crippen LogP contribution in [0, 0.1) is 6.92 Å². The fourth-order valence-electron chi connectivity index (χ4n) is 3.78. The van der Waals surface area contributed by atoms with E-state index in [9.17, 15) is 14.4 Å². The fraction of sp³-hybridized carbons (Fsp3) is 0.120. The Morgan fingerprint density at radius 3 is 2.21 bits per heavy atom. The Hall–Kier alpha value is -4.24. The van der Waals surface area contributed by atoms with Gasteiger partial charge >= 0.3 is 0 Å². The molecule has 4 rings (SSSR count). The van der Waals surface area contributed by atoms with Crippen LogP contribution in [0.4, 0.5) is 11.4 Å². The van der Waals surface area contributed by atoms with Crippen LogP contribution in [0.25, 0.3) is 0 Å². The Balaban J connectivity index is 1.52. The zero-order valence-electron chi connectivity index (χ0n) is 18.7. The predicted octanol–water partition coefficient (Wildman–Crippen LogP) is 3.94. The van der Waals surface area contributed by atoms with Crippen molar-refractivity contribution in [2.45, 2.75) is 6.92 Å². The molecule has 0 aromatic heterocycles. The number of thiocarbonyl (C=S) groups is 1. The highest BCUT2D eigenvalue weighted by molar-refractivity contribution is 7.80. The van der Waals surface area contributed by atoms with Crippen molar-refractivity contribution in [2.24, 2.45) is 0 Å². The lowest BCUT2D eigenvalue weighted by Gasteiger charge is -2.19. The number of aryl methyl sites for hydroxylation is 1. The summed E-state index contributed by atoms with van der Waals surface area (Å²) in [7, 11) is 2.93. The third kappa shape index (κ3) is 4.08. The van der Waals surface area contributed by atoms with Gasteiger partial charge in [-0.05, 0) is 55.0 Å². The summed E-state index contributed by atoms with van der Waals surface area (Å²) in [5.41, 5.74) is 2.66. The van der Waals surface area contributed by atoms with Gasteiger partial charge in [-0.25, -0.2) is 4.90 Å². The smallest absolute Gasteiger partial charge is 0.266 e. The Kier molecular flexibility index (Phi) is 6.29. The molecule has 3 aromatic rings. The number of imide groups is 1. The van der Waals surface area contributed by atoms with Gasteiger partial charge in [-0.3, -0.25) is 19.7 Å². The first-order valence-electron chi connectivity index (χ1n) is 10.3. The number of methoxy groups -OCH3 is 2. The molecule has 0 atom stereocenters. The second-order valence-electron chi connectivity index (χ2n) is 7.44. The lowest BCUT2D eigenvalue weighted by atomic mass is 10.1. The third-order valence-corrected chi connectivity index (χ3v) is 5.56. The minimum absolute atomic E-state index is 0.0593. The van der Waals surface area contributed by atoms with Gasteiger partial charge in [0.2, 0.25) is 0 Å². The number of anilines is 2. The second kappa shape index (κ2) is 9.32. The van der Waals surface area contributed by atoms with Crippen molar-refractivity contribution in [3.63, 3.8) is 0 Å². The van der Waals surface area contributed by atoms with E-state index in [0.717, 1.165) is 10.5 Å². The van der Waals surface area contributed by atoms with Crippen molar-refractivity contribution in [3.8, 4) is 11.5 Å². The van der Waals surface area contributed by atoms with Crippen molar-refractivity contribution in [2.75, 3.05) is 24.4 Å². The lowest BCUT2D eigenvalue weighted by Crippen LogP contribution is -2.34. The normalized spacial score (nSPS) is 12.3. The van der Waals surface area contributed by atoms with Crippen LogP contribution in [0.15, 0.2) is 60.7 Å². The molecule has 3 aromatic carbocycles. The molecule has 0 saturated heterocycles. The summed E-state index contributed by atoms with van der Waals surface area (Å²) >= 11 is 5.29. The number of fused-ring (bicyclic) bond motifs is 1. The summed E-state index contributed by atoms with van der Waals surface area (Å²) in [5.74, 6) is -0.514. The maximum Gasteiger partial charge on any atom is 0.266 e. The average molecular weight is 476 g/mol. The number of carbonyl (C=O) groups excluding carboxylic acids is 3. The zero-order chi connectivity index (χ0) is 24.4. The predicted molar refractivity (Wildman–Crippen MR) is 132 cm³/mol. The van der Waals surface area contributed by atoms with E-state index < -0.39 is 17.7 Å². The number of benzene rings is 3. The minimum atomic E-state index is -0.423. The molecule has 3 amide bonds. The molecule has 0 radical (unpaired) electrons. The molecule has 2 N–H and O–H groups in total. The maximum atomic E-state index is 12.8. The van der Waals surface area contributed by atoms with Crippen molar-refractivity contribution < 1.29 is 23.9 Å². The van der Waals surface area contributed by atoms with Gasteiger partial charge in [-0.2, -0.15) is 0 Å². The second-order valence-corrected chi connectivity index (χ2v) is 7.85. The van der Waals surface area contributed by atoms with Crippen LogP contribution in [-0.4, -0.2) is 37.1 Å². The van der Waals surface area contributed by atoms with Crippen molar-refractivity contribution >= 4 is 46.4 Å². The Morgan fingerprint density at radius 2 is 1.59 bits per heavy atom. The van der Waals surface area contributed by atoms with Crippen LogP contribution in [0.2, 0.25) is 0 Å². The standard InChI is InChI=1S/C25H21N3O5S/c1-14-7-6-10-18(21(14)33-3)22(29)27-25(34)26-15-11-12-19(20(13-15)32-2)28-23(30)16-8-4-5-9-17(16)24(28)31/h4-13H,1-3H3,(H2,26,27,29,34). The van der Waals surface area contributed by atoms with Crippen molar-refractivity contribution in [1.29, 1.82) is 0 Å². The number of ether oxygens (including phenoxy) is 2. The first kappa shape index (κ1) is 22.9. The molecular weight excluding hydrogens is 454 g/mol. The van der Waals surface area contributed by atoms with E-state index in [1.165, 1.54) is 14.2 Å². The summed E-state index contributed by atoms with van der Waals surface area (Å²) in [6.07, 6.45) is 0. The molecule has 0 spiro atoms. The summed E-state index contributed by atoms with van der Waals surface area (Å²) in [6.45, 7) is 1.84. The average Bonchev–Trinajstić information content (AvgIpc) is 3.08. The highest BCUT2D eigenvalue weighted by atomic mass is 32.1. The number of rotatable bonds is 5. The molecule has 0 unspecified atom stereocenters. The van der Waals surface area contributed by atoms with E-state index >= 15 is 0 Å². The molecule has 0 bridgehead atoms. The first-order chi connectivity index (χ1) is 16.3. The molecule has 0 saturated carbocycles. The number of hydrogen-bond donors (Lipinski definition) is 2. The van der Waals surface area contributed by atoms with Gasteiger partial charge in [0.05, 0.1) is 36.6 Å². The van der Waals surface area contributed by atoms with Gasteiger partial charge < -0.3 is 14.8 Å². The number of nitrogens with zero attached hydrogens (tertiary/aromatic N) is 1. The Bertz CT molecular complexity index is 1300. The molecule has 0 aliphatic carbocycles. The number of para-hydroxylation sites is 1. The van der Waals surface area contributed by atoms with Gasteiger partial charge in [0.15, 0.2) is 5.11 Å². The number of nitrogens with one attached hydrogen (secondary N) is 2. The van der Waals surface area contributed by atoms with Gasteiger partial charge in [0.25, 0.3) is 17.7 Å². The summed E-state index contributed by atoms with van der Waals surface area (Å²) in [4.78, 5) is 39.4. The number of amides is 3. The van der Waals surface area contributed by atoms with Gasteiger partial charge in [0, 0.05) is 11.8 Å². The zero-order valence-corrected chi connectivity index (χ0v) is 19.5. The fourth-order valence-corrected chi connectivity index (χ4v) is 3.99. The van der Waals surface area contributed by atoms with Crippen LogP contribution in [0.5, 0.6) is 11.5 Å². The summed E-state index contributed by atoms with van der Waals surface area (Å²) < 4.78 is 10.8. The topological polar surface area (TPSA) is 97.0 Å². The Labute approximate surface area is 201 Å². The minimum Gasteiger partial charge on any atom is -0.496 e. The Morgan fingerprint density at radius 1 is 0.912 bits per heavy atom. The third-order valence-electron chi connectivity index (χ3n) is 5.36. The molecular formula is C25H21N3O5S. The molecule has 1 aliphatic rings. The molecule has 172 valence electrons. The van der Waals surface area contributed by atoms with Gasteiger partial charge in [-0.15, -0.1) is 0 Å². The van der Waals surface area contributed by atoms with Gasteiger partial charge in [0.1, 0.15) is 11.5 Å². The molecule has 9 heteroatoms. The summed E-state index contributed by atoms with van der Waals surface area (Å²) in [5, 5.41) is 5.60. The van der Waals surface area contributed by atoms with Crippen molar-refractivity contribution in [3.05, 3.63) is 82.9 Å². The van der Waals surface area contributed by atoms with E-state index in [4.69, 9.17) is 21.7 Å². The highest BCUT2D eigenvalue weighted by Gasteiger charge is 2.37. The largest absolute Gasteiger partial charge is 0.496 e. The molecule has 1 heterocycles. The molecule has 1 aliphatic heterocycles. The molecule has 8 nitrogen and oxygen atoms in total. The van der Waals surface area contributed by atoms with E-state index in [1.54, 1.807) is 54.6 Å². The van der Waals surface area contributed by atoms with E-state index in [-0.39, 0.29) is 10.9 Å². The van der Waals surface area contributed by atoms with Crippen LogP contribution >= 0.6 is 12.2 Å². The summed E-state index contributed by atoms with van der Waals surface area (Å²) in [6, 6.07) is 16.7. The van der Waals surface area contributed by atoms with Crippen LogP contribution < -0.4 is 25.0 Å². The first-order valence-corrected chi connectivity index (χ1v) is 10.7. The molecule has 0 fully saturated rings. The van der Waals surface area contributed by atoms with Crippen LogP contribution in [0.1, 0.15) is 36.6 Å². The van der Waals surface area contributed by atoms with Gasteiger partial charge in [-0.1, -0.05) is 24.3 Å². The monoisotopic (exact) mass is 475 g/mol. The SMILES string of the molecule is COc1cc(NC(=S)NC(=O)c2cccc(C)c2OC)ccc1N1C(=O)c2ccccc2C1=O. The maximum absolute atomic E-state index is 12.8. The number of carbonyl (C=O) groups is 3. The quantitative estimate of drug-likeness (QED) is 0.426. The van der Waals surface area contributed by atoms with Crippen LogP contribution in [-0.2, 0) is 0 Å². The lowest BCUT2D eigenvalue weighted by molar-refractivity contribution is 0.0922. The number of hydrogen-bond acceptors (Lipinski definition) is 6. The molecule has 34 heavy (non-hydrogen) atoms. The van der Waals surface area contributed by atoms with Crippen LogP contribution in [0.3, 0.4) is 0 Å². The van der Waals surface area contributed by atoms with E-state index in [1.807, 2.05) is 13.0 Å². The van der Waals surface area contributed by atoms with Crippen molar-refractivity contribution in [1.82, 2.24) is 5.32 Å². The highest BCUT2D eigenvalue weighted by Crippen LogP contribution is 2.36. The van der Waals surface area contributed by atoms with E-state index in [2.05, 4.69) is 10.6 Å².